The minimum absolute atomic E-state index is 0.00241. The van der Waals surface area contributed by atoms with Crippen LogP contribution in [0.4, 0.5) is 0 Å². The fourth-order valence-electron chi connectivity index (χ4n) is 1.55. The van der Waals surface area contributed by atoms with Crippen LogP contribution in [0.1, 0.15) is 5.56 Å². The summed E-state index contributed by atoms with van der Waals surface area (Å²) in [6.07, 6.45) is 1.44. The third-order valence-electron chi connectivity index (χ3n) is 2.44. The molecule has 20 heavy (non-hydrogen) atoms. The summed E-state index contributed by atoms with van der Waals surface area (Å²) in [4.78, 5) is 23.3. The topological polar surface area (TPSA) is 91.2 Å². The van der Waals surface area contributed by atoms with Gasteiger partial charge in [0.15, 0.2) is 11.7 Å². The van der Waals surface area contributed by atoms with Gasteiger partial charge in [0.25, 0.3) is 11.8 Å². The van der Waals surface area contributed by atoms with E-state index < -0.39 is 11.8 Å². The maximum atomic E-state index is 11.6. The summed E-state index contributed by atoms with van der Waals surface area (Å²) in [6.45, 7) is -0.0390. The molecule has 7 heteroatoms. The zero-order valence-corrected chi connectivity index (χ0v) is 11.0. The number of amides is 2. The Hall–Kier alpha value is -2.72. The van der Waals surface area contributed by atoms with Gasteiger partial charge in [-0.15, -0.1) is 0 Å². The van der Waals surface area contributed by atoms with Crippen molar-refractivity contribution in [2.24, 2.45) is 0 Å². The standard InChI is InChI=1S/C13H9N3O3S/c14-5-6-19-9-3-1-8(2-4-9)7-10-11(17)15-13(20)16-12(10)18/h1-4,7H,6H2,(H2,15,16,17,18,20). The molecule has 1 saturated heterocycles. The van der Waals surface area contributed by atoms with Crippen molar-refractivity contribution in [2.45, 2.75) is 0 Å². The molecule has 0 spiro atoms. The number of nitriles is 1. The van der Waals surface area contributed by atoms with Crippen LogP contribution in [0, 0.1) is 11.3 Å². The molecular weight excluding hydrogens is 278 g/mol. The van der Waals surface area contributed by atoms with Crippen molar-refractivity contribution in [1.82, 2.24) is 10.6 Å². The van der Waals surface area contributed by atoms with Crippen molar-refractivity contribution in [3.05, 3.63) is 35.4 Å². The van der Waals surface area contributed by atoms with Gasteiger partial charge in [-0.1, -0.05) is 12.1 Å². The van der Waals surface area contributed by atoms with Crippen molar-refractivity contribution in [3.63, 3.8) is 0 Å². The van der Waals surface area contributed by atoms with Gasteiger partial charge in [0.05, 0.1) is 0 Å². The van der Waals surface area contributed by atoms with Crippen LogP contribution in [0.15, 0.2) is 29.8 Å². The molecule has 100 valence electrons. The number of hydrogen-bond donors (Lipinski definition) is 2. The van der Waals surface area contributed by atoms with Gasteiger partial charge in [-0.2, -0.15) is 5.26 Å². The number of hydrogen-bond acceptors (Lipinski definition) is 5. The van der Waals surface area contributed by atoms with E-state index >= 15 is 0 Å². The summed E-state index contributed by atoms with van der Waals surface area (Å²) in [7, 11) is 0. The molecule has 2 N–H and O–H groups in total. The molecule has 1 aliphatic heterocycles. The number of carbonyl (C=O) groups excluding carboxylic acids is 2. The first-order valence-corrected chi connectivity index (χ1v) is 5.99. The molecule has 1 aromatic rings. The summed E-state index contributed by atoms with van der Waals surface area (Å²) >= 11 is 4.70. The zero-order chi connectivity index (χ0) is 14.5. The second-order valence-electron chi connectivity index (χ2n) is 3.81. The molecule has 0 aromatic heterocycles. The molecule has 1 aromatic carbocycles. The Balaban J connectivity index is 2.18. The number of rotatable bonds is 3. The van der Waals surface area contributed by atoms with Gasteiger partial charge >= 0.3 is 0 Å². The quantitative estimate of drug-likeness (QED) is 0.480. The van der Waals surface area contributed by atoms with E-state index in [1.807, 2.05) is 6.07 Å². The second-order valence-corrected chi connectivity index (χ2v) is 4.22. The molecule has 2 amide bonds. The lowest BCUT2D eigenvalue weighted by molar-refractivity contribution is -0.123. The molecule has 0 radical (unpaired) electrons. The molecule has 0 unspecified atom stereocenters. The molecule has 2 rings (SSSR count). The Kier molecular flexibility index (Phi) is 4.08. The lowest BCUT2D eigenvalue weighted by atomic mass is 10.1. The maximum absolute atomic E-state index is 11.6. The minimum atomic E-state index is -0.538. The van der Waals surface area contributed by atoms with E-state index in [0.29, 0.717) is 11.3 Å². The summed E-state index contributed by atoms with van der Waals surface area (Å²) in [5, 5.41) is 13.1. The van der Waals surface area contributed by atoms with Crippen molar-refractivity contribution >= 4 is 35.2 Å². The van der Waals surface area contributed by atoms with Gasteiger partial charge < -0.3 is 4.74 Å². The van der Waals surface area contributed by atoms with E-state index in [0.717, 1.165) is 0 Å². The fourth-order valence-corrected chi connectivity index (χ4v) is 1.73. The molecule has 6 nitrogen and oxygen atoms in total. The van der Waals surface area contributed by atoms with Crippen LogP contribution >= 0.6 is 12.2 Å². The monoisotopic (exact) mass is 287 g/mol. The van der Waals surface area contributed by atoms with Gasteiger partial charge in [0, 0.05) is 0 Å². The van der Waals surface area contributed by atoms with Gasteiger partial charge in [-0.25, -0.2) is 0 Å². The smallest absolute Gasteiger partial charge is 0.263 e. The number of carbonyl (C=O) groups is 2. The lowest BCUT2D eigenvalue weighted by Gasteiger charge is -2.16. The third kappa shape index (κ3) is 3.18. The Labute approximate surface area is 120 Å². The first-order valence-electron chi connectivity index (χ1n) is 5.58. The normalized spacial score (nSPS) is 14.2. The Morgan fingerprint density at radius 1 is 1.20 bits per heavy atom. The van der Waals surface area contributed by atoms with Gasteiger partial charge in [-0.05, 0) is 36.0 Å². The van der Waals surface area contributed by atoms with Crippen LogP contribution in [-0.4, -0.2) is 23.5 Å². The van der Waals surface area contributed by atoms with Crippen molar-refractivity contribution < 1.29 is 14.3 Å². The highest BCUT2D eigenvalue weighted by Gasteiger charge is 2.25. The largest absolute Gasteiger partial charge is 0.479 e. The average molecular weight is 287 g/mol. The van der Waals surface area contributed by atoms with E-state index in [2.05, 4.69) is 10.6 Å². The molecule has 0 saturated carbocycles. The van der Waals surface area contributed by atoms with Crippen LogP contribution in [0.5, 0.6) is 5.75 Å². The predicted octanol–water partition coefficient (Wildman–Crippen LogP) is 0.503. The summed E-state index contributed by atoms with van der Waals surface area (Å²) in [6, 6.07) is 8.50. The highest BCUT2D eigenvalue weighted by atomic mass is 32.1. The summed E-state index contributed by atoms with van der Waals surface area (Å²) in [5.74, 6) is -0.542. The van der Waals surface area contributed by atoms with Crippen LogP contribution in [-0.2, 0) is 9.59 Å². The third-order valence-corrected chi connectivity index (χ3v) is 2.64. The Morgan fingerprint density at radius 2 is 1.80 bits per heavy atom. The first-order chi connectivity index (χ1) is 9.60. The van der Waals surface area contributed by atoms with Crippen LogP contribution in [0.2, 0.25) is 0 Å². The SMILES string of the molecule is N#CCOc1ccc(C=C2C(=O)NC(=S)NC2=O)cc1. The van der Waals surface area contributed by atoms with Gasteiger partial charge in [0.1, 0.15) is 17.4 Å². The fraction of sp³-hybridized carbons (Fsp3) is 0.0769. The van der Waals surface area contributed by atoms with E-state index in [-0.39, 0.29) is 17.3 Å². The Morgan fingerprint density at radius 3 is 2.35 bits per heavy atom. The van der Waals surface area contributed by atoms with Crippen LogP contribution in [0.3, 0.4) is 0 Å². The molecular formula is C13H9N3O3S. The van der Waals surface area contributed by atoms with E-state index in [1.165, 1.54) is 6.08 Å². The first kappa shape index (κ1) is 13.7. The summed E-state index contributed by atoms with van der Waals surface area (Å²) < 4.78 is 5.10. The predicted molar refractivity (Wildman–Crippen MR) is 74.4 cm³/mol. The number of nitrogens with one attached hydrogen (secondary N) is 2. The van der Waals surface area contributed by atoms with Crippen molar-refractivity contribution in [2.75, 3.05) is 6.61 Å². The molecule has 0 bridgehead atoms. The second kappa shape index (κ2) is 5.95. The van der Waals surface area contributed by atoms with Gasteiger partial charge in [0.2, 0.25) is 0 Å². The van der Waals surface area contributed by atoms with E-state index in [4.69, 9.17) is 22.2 Å². The zero-order valence-electron chi connectivity index (χ0n) is 10.2. The number of ether oxygens (including phenoxy) is 1. The Bertz CT molecular complexity index is 622. The highest BCUT2D eigenvalue weighted by molar-refractivity contribution is 7.80. The molecule has 1 aliphatic rings. The van der Waals surface area contributed by atoms with E-state index in [1.54, 1.807) is 24.3 Å². The number of nitrogens with zero attached hydrogens (tertiary/aromatic N) is 1. The number of benzene rings is 1. The summed E-state index contributed by atoms with van der Waals surface area (Å²) in [5.41, 5.74) is 0.631. The molecule has 1 heterocycles. The minimum Gasteiger partial charge on any atom is -0.479 e. The average Bonchev–Trinajstić information content (AvgIpc) is 2.42. The van der Waals surface area contributed by atoms with E-state index in [9.17, 15) is 9.59 Å². The van der Waals surface area contributed by atoms with Crippen LogP contribution < -0.4 is 15.4 Å². The lowest BCUT2D eigenvalue weighted by Crippen LogP contribution is -2.51. The van der Waals surface area contributed by atoms with Crippen LogP contribution in [0.25, 0.3) is 6.08 Å². The maximum Gasteiger partial charge on any atom is 0.263 e. The molecule has 0 aliphatic carbocycles. The molecule has 0 atom stereocenters. The molecule has 1 fully saturated rings. The highest BCUT2D eigenvalue weighted by Crippen LogP contribution is 2.15. The van der Waals surface area contributed by atoms with Gasteiger partial charge in [-0.3, -0.25) is 20.2 Å². The van der Waals surface area contributed by atoms with Crippen molar-refractivity contribution in [1.29, 1.82) is 5.26 Å². The van der Waals surface area contributed by atoms with Crippen molar-refractivity contribution in [3.8, 4) is 11.8 Å². The number of thiocarbonyl (C=S) groups is 1.